The molecule has 4 heterocycles. The second-order valence-electron chi connectivity index (χ2n) is 13.5. The van der Waals surface area contributed by atoms with E-state index in [-0.39, 0.29) is 0 Å². The van der Waals surface area contributed by atoms with Crippen molar-refractivity contribution < 1.29 is 0 Å². The lowest BCUT2D eigenvalue weighted by Gasteiger charge is -2.12. The minimum Gasteiger partial charge on any atom is -0.339 e. The molecule has 0 aliphatic heterocycles. The molecule has 0 fully saturated rings. The van der Waals surface area contributed by atoms with Crippen molar-refractivity contribution in [1.82, 2.24) is 29.7 Å². The Hall–Kier alpha value is -3.74. The topological polar surface area (TPSA) is 59.7 Å². The molecule has 6 heteroatoms. The van der Waals surface area contributed by atoms with Crippen LogP contribution < -0.4 is 10.6 Å². The highest BCUT2D eigenvalue weighted by atomic mass is 15.0. The SMILES string of the molecule is CCCCCCn1c2ccccc2c2ccnc(CNCCCCCCNCc3nccc4c5ccccc5n(CCCCCC)c34)c21. The van der Waals surface area contributed by atoms with Crippen LogP contribution in [-0.4, -0.2) is 32.2 Å². The van der Waals surface area contributed by atoms with Crippen molar-refractivity contribution >= 4 is 43.6 Å². The van der Waals surface area contributed by atoms with E-state index in [1.807, 2.05) is 12.4 Å². The molecule has 0 unspecified atom stereocenters. The molecular formula is C42H56N6. The smallest absolute Gasteiger partial charge is 0.0784 e. The molecule has 0 spiro atoms. The normalized spacial score (nSPS) is 12.0. The average molecular weight is 645 g/mol. The molecular weight excluding hydrogens is 589 g/mol. The number of rotatable bonds is 21. The van der Waals surface area contributed by atoms with E-state index in [4.69, 9.17) is 9.97 Å². The Morgan fingerprint density at radius 3 is 1.38 bits per heavy atom. The van der Waals surface area contributed by atoms with Crippen LogP contribution in [0.2, 0.25) is 0 Å². The maximum atomic E-state index is 4.86. The van der Waals surface area contributed by atoms with Crippen molar-refractivity contribution in [1.29, 1.82) is 0 Å². The Labute approximate surface area is 287 Å². The number of nitrogens with one attached hydrogen (secondary N) is 2. The summed E-state index contributed by atoms with van der Waals surface area (Å²) < 4.78 is 5.06. The molecule has 0 bridgehead atoms. The Balaban J connectivity index is 0.965. The number of para-hydroxylation sites is 2. The summed E-state index contributed by atoms with van der Waals surface area (Å²) in [7, 11) is 0. The van der Waals surface area contributed by atoms with Gasteiger partial charge in [0.2, 0.25) is 0 Å². The van der Waals surface area contributed by atoms with E-state index in [1.54, 1.807) is 0 Å². The molecule has 48 heavy (non-hydrogen) atoms. The summed E-state index contributed by atoms with van der Waals surface area (Å²) in [5.74, 6) is 0. The first-order valence-corrected chi connectivity index (χ1v) is 18.9. The first-order valence-electron chi connectivity index (χ1n) is 18.9. The van der Waals surface area contributed by atoms with E-state index in [2.05, 4.69) is 94.3 Å². The van der Waals surface area contributed by atoms with Crippen LogP contribution in [-0.2, 0) is 26.2 Å². The van der Waals surface area contributed by atoms with Crippen LogP contribution in [0.15, 0.2) is 73.1 Å². The number of pyridine rings is 2. The maximum Gasteiger partial charge on any atom is 0.0784 e. The van der Waals surface area contributed by atoms with Gasteiger partial charge < -0.3 is 19.8 Å². The summed E-state index contributed by atoms with van der Waals surface area (Å²) in [6, 6.07) is 22.1. The van der Waals surface area contributed by atoms with E-state index in [0.717, 1.165) is 39.3 Å². The number of hydrogen-bond acceptors (Lipinski definition) is 4. The molecule has 0 radical (unpaired) electrons. The van der Waals surface area contributed by atoms with E-state index >= 15 is 0 Å². The van der Waals surface area contributed by atoms with Gasteiger partial charge in [0.1, 0.15) is 0 Å². The highest BCUT2D eigenvalue weighted by molar-refractivity contribution is 6.09. The van der Waals surface area contributed by atoms with Crippen molar-refractivity contribution in [2.45, 2.75) is 117 Å². The lowest BCUT2D eigenvalue weighted by Crippen LogP contribution is -2.17. The molecule has 6 aromatic rings. The minimum absolute atomic E-state index is 0.818. The van der Waals surface area contributed by atoms with E-state index in [1.165, 1.54) is 132 Å². The monoisotopic (exact) mass is 644 g/mol. The molecule has 0 saturated carbocycles. The molecule has 0 saturated heterocycles. The third-order valence-electron chi connectivity index (χ3n) is 10.0. The number of hydrogen-bond donors (Lipinski definition) is 2. The number of unbranched alkanes of at least 4 members (excludes halogenated alkanes) is 9. The average Bonchev–Trinajstić information content (AvgIpc) is 3.63. The summed E-state index contributed by atoms with van der Waals surface area (Å²) in [5.41, 5.74) is 7.65. The lowest BCUT2D eigenvalue weighted by molar-refractivity contribution is 0.558. The highest BCUT2D eigenvalue weighted by Crippen LogP contribution is 2.32. The number of fused-ring (bicyclic) bond motifs is 6. The zero-order valence-electron chi connectivity index (χ0n) is 29.4. The van der Waals surface area contributed by atoms with Crippen molar-refractivity contribution in [3.8, 4) is 0 Å². The first kappa shape index (κ1) is 34.1. The number of nitrogens with zero attached hydrogens (tertiary/aromatic N) is 4. The van der Waals surface area contributed by atoms with Gasteiger partial charge in [0.25, 0.3) is 0 Å². The van der Waals surface area contributed by atoms with Gasteiger partial charge in [-0.15, -0.1) is 0 Å². The minimum atomic E-state index is 0.818. The Morgan fingerprint density at radius 1 is 0.479 bits per heavy atom. The Morgan fingerprint density at radius 2 is 0.917 bits per heavy atom. The zero-order valence-corrected chi connectivity index (χ0v) is 29.4. The second-order valence-corrected chi connectivity index (χ2v) is 13.5. The van der Waals surface area contributed by atoms with Crippen LogP contribution in [0, 0.1) is 0 Å². The van der Waals surface area contributed by atoms with Gasteiger partial charge in [-0.1, -0.05) is 102 Å². The van der Waals surface area contributed by atoms with Crippen LogP contribution in [0.3, 0.4) is 0 Å². The van der Waals surface area contributed by atoms with Crippen LogP contribution in [0.5, 0.6) is 0 Å². The molecule has 2 N–H and O–H groups in total. The van der Waals surface area contributed by atoms with E-state index in [9.17, 15) is 0 Å². The molecule has 2 aromatic carbocycles. The fourth-order valence-electron chi connectivity index (χ4n) is 7.53. The molecule has 0 aliphatic rings. The van der Waals surface area contributed by atoms with Crippen molar-refractivity contribution in [3.05, 3.63) is 84.4 Å². The highest BCUT2D eigenvalue weighted by Gasteiger charge is 2.16. The number of aryl methyl sites for hydroxylation is 2. The van der Waals surface area contributed by atoms with Gasteiger partial charge in [-0.2, -0.15) is 0 Å². The largest absolute Gasteiger partial charge is 0.339 e. The Kier molecular flexibility index (Phi) is 12.5. The standard InChI is InChI=1S/C42H56N6/c1-3-5-7-17-29-47-39-21-13-11-19-33(39)35-23-27-45-37(41(35)47)31-43-25-15-9-10-16-26-44-32-38-42-36(24-28-46-38)34-20-12-14-22-40(34)48(42)30-18-8-6-4-2/h11-14,19-24,27-28,43-44H,3-10,15-18,25-26,29-32H2,1-2H3. The van der Waals surface area contributed by atoms with Gasteiger partial charge in [0, 0.05) is 71.2 Å². The van der Waals surface area contributed by atoms with Gasteiger partial charge in [0.05, 0.1) is 22.4 Å². The molecule has 0 aliphatic carbocycles. The van der Waals surface area contributed by atoms with Crippen LogP contribution >= 0.6 is 0 Å². The fraction of sp³-hybridized carbons (Fsp3) is 0.476. The number of benzene rings is 2. The third kappa shape index (κ3) is 7.93. The van der Waals surface area contributed by atoms with Gasteiger partial charge in [-0.05, 0) is 63.0 Å². The summed E-state index contributed by atoms with van der Waals surface area (Å²) in [4.78, 5) is 9.72. The summed E-state index contributed by atoms with van der Waals surface area (Å²) in [6.07, 6.45) is 19.0. The summed E-state index contributed by atoms with van der Waals surface area (Å²) in [5, 5.41) is 12.8. The summed E-state index contributed by atoms with van der Waals surface area (Å²) in [6.45, 7) is 10.4. The Bertz CT molecular complexity index is 1740. The third-order valence-corrected chi connectivity index (χ3v) is 10.0. The van der Waals surface area contributed by atoms with E-state index in [0.29, 0.717) is 0 Å². The van der Waals surface area contributed by atoms with Crippen molar-refractivity contribution in [2.75, 3.05) is 13.1 Å². The fourth-order valence-corrected chi connectivity index (χ4v) is 7.53. The molecule has 6 nitrogen and oxygen atoms in total. The zero-order chi connectivity index (χ0) is 33.0. The summed E-state index contributed by atoms with van der Waals surface area (Å²) >= 11 is 0. The van der Waals surface area contributed by atoms with Crippen molar-refractivity contribution in [3.63, 3.8) is 0 Å². The van der Waals surface area contributed by atoms with Crippen LogP contribution in [0.25, 0.3) is 43.6 Å². The predicted molar refractivity (Wildman–Crippen MR) is 205 cm³/mol. The molecule has 254 valence electrons. The van der Waals surface area contributed by atoms with Gasteiger partial charge in [-0.3, -0.25) is 9.97 Å². The van der Waals surface area contributed by atoms with Gasteiger partial charge in [0.15, 0.2) is 0 Å². The molecule has 0 atom stereocenters. The van der Waals surface area contributed by atoms with E-state index < -0.39 is 0 Å². The number of aromatic nitrogens is 4. The molecule has 4 aromatic heterocycles. The van der Waals surface area contributed by atoms with Gasteiger partial charge in [-0.25, -0.2) is 0 Å². The first-order chi connectivity index (χ1) is 23.8. The second kappa shape index (κ2) is 17.6. The van der Waals surface area contributed by atoms with Crippen LogP contribution in [0.1, 0.15) is 102 Å². The van der Waals surface area contributed by atoms with Crippen molar-refractivity contribution in [2.24, 2.45) is 0 Å². The predicted octanol–water partition coefficient (Wildman–Crippen LogP) is 10.3. The molecule has 0 amide bonds. The maximum absolute atomic E-state index is 4.86. The molecule has 6 rings (SSSR count). The lowest BCUT2D eigenvalue weighted by atomic mass is 10.1. The van der Waals surface area contributed by atoms with Crippen LogP contribution in [0.4, 0.5) is 0 Å². The van der Waals surface area contributed by atoms with Gasteiger partial charge >= 0.3 is 0 Å². The quantitative estimate of drug-likeness (QED) is 0.0766.